The van der Waals surface area contributed by atoms with E-state index in [2.05, 4.69) is 62.3 Å². The zero-order valence-electron chi connectivity index (χ0n) is 39.4. The van der Waals surface area contributed by atoms with Gasteiger partial charge in [0.15, 0.2) is 34.8 Å². The van der Waals surface area contributed by atoms with E-state index in [4.69, 9.17) is 4.43 Å². The molecule has 1 radical (unpaired) electrons. The highest BCUT2D eigenvalue weighted by atomic mass is 28.4. The maximum absolute atomic E-state index is 16.6. The Kier molecular flexibility index (Phi) is 20.9. The van der Waals surface area contributed by atoms with Crippen molar-refractivity contribution in [1.82, 2.24) is 0 Å². The summed E-state index contributed by atoms with van der Waals surface area (Å²) in [6, 6.07) is 9.23. The molecule has 0 bridgehead atoms. The summed E-state index contributed by atoms with van der Waals surface area (Å²) in [5.41, 5.74) is 1.96. The molecule has 0 aromatic heterocycles. The van der Waals surface area contributed by atoms with Gasteiger partial charge in [-0.3, -0.25) is 0 Å². The first-order chi connectivity index (χ1) is 28.7. The first-order valence-electron chi connectivity index (χ1n) is 23.8. The van der Waals surface area contributed by atoms with Crippen LogP contribution in [0.4, 0.5) is 35.1 Å². The molecular formula is C49H77F8OSi3. The Labute approximate surface area is 366 Å². The molecule has 347 valence electrons. The van der Waals surface area contributed by atoms with Gasteiger partial charge in [0.25, 0.3) is 8.32 Å². The van der Waals surface area contributed by atoms with Gasteiger partial charge in [-0.25, -0.2) is 30.7 Å². The molecule has 12 heteroatoms. The molecule has 3 aromatic rings. The van der Waals surface area contributed by atoms with Gasteiger partial charge in [0.05, 0.1) is 32.3 Å². The van der Waals surface area contributed by atoms with E-state index in [1.165, 1.54) is 62.0 Å². The van der Waals surface area contributed by atoms with E-state index in [1.807, 2.05) is 13.8 Å². The van der Waals surface area contributed by atoms with Crippen LogP contribution in [0.1, 0.15) is 160 Å². The van der Waals surface area contributed by atoms with Crippen molar-refractivity contribution in [2.24, 2.45) is 0 Å². The van der Waals surface area contributed by atoms with E-state index in [9.17, 15) is 13.2 Å². The molecule has 0 fully saturated rings. The molecular weight excluding hydrogens is 841 g/mol. The lowest BCUT2D eigenvalue weighted by Crippen LogP contribution is -2.45. The second-order valence-corrected chi connectivity index (χ2v) is 35.3. The molecule has 0 heterocycles. The smallest absolute Gasteiger partial charge is 0.254 e. The molecule has 0 aliphatic heterocycles. The number of fused-ring (bicyclic) bond motifs is 2. The number of benzene rings is 3. The lowest BCUT2D eigenvalue weighted by Gasteiger charge is -2.43. The van der Waals surface area contributed by atoms with Crippen molar-refractivity contribution in [2.45, 2.75) is 224 Å². The van der Waals surface area contributed by atoms with Crippen molar-refractivity contribution in [1.29, 1.82) is 0 Å². The van der Waals surface area contributed by atoms with E-state index in [-0.39, 0.29) is 5.54 Å². The summed E-state index contributed by atoms with van der Waals surface area (Å²) < 4.78 is 130. The van der Waals surface area contributed by atoms with Gasteiger partial charge in [-0.05, 0) is 17.6 Å². The Morgan fingerprint density at radius 3 is 1.26 bits per heavy atom. The third-order valence-corrected chi connectivity index (χ3v) is 33.6. The van der Waals surface area contributed by atoms with Gasteiger partial charge in [0.2, 0.25) is 5.82 Å². The van der Waals surface area contributed by atoms with Crippen LogP contribution in [-0.2, 0) is 0 Å². The minimum Gasteiger partial charge on any atom is -0.539 e. The largest absolute Gasteiger partial charge is 0.539 e. The van der Waals surface area contributed by atoms with Gasteiger partial charge in [-0.15, -0.1) is 0 Å². The minimum atomic E-state index is -3.21. The maximum Gasteiger partial charge on any atom is 0.254 e. The standard InChI is InChI=1S/C49H77F8OSi3/c1-12-25-59(26-13-2,27-14-3)28-21-19-20-23-30-60(33(4)5,29-22-17-15-16-18-24-31-61(34(6)7,35(8)9)36(10)11)58-49-47(56)41-40(46(55)48(49)57)42(51)37-32-38(50)43(52)45(54)39(37)44(41)53/h33-36H,12-31H2,1-11H3. The van der Waals surface area contributed by atoms with E-state index in [0.29, 0.717) is 28.7 Å². The number of rotatable bonds is 28. The summed E-state index contributed by atoms with van der Waals surface area (Å²) >= 11 is 0. The molecule has 1 unspecified atom stereocenters. The third-order valence-electron chi connectivity index (χ3n) is 14.7. The van der Waals surface area contributed by atoms with Crippen LogP contribution in [0, 0.1) is 52.6 Å². The second-order valence-electron chi connectivity index (χ2n) is 19.6. The van der Waals surface area contributed by atoms with Gasteiger partial charge in [0, 0.05) is 11.5 Å². The number of hydrogen-bond donors (Lipinski definition) is 0. The van der Waals surface area contributed by atoms with Gasteiger partial charge in [-0.2, -0.15) is 4.39 Å². The Morgan fingerprint density at radius 2 is 0.820 bits per heavy atom. The van der Waals surface area contributed by atoms with Crippen LogP contribution in [0.3, 0.4) is 0 Å². The monoisotopic (exact) mass is 918 g/mol. The molecule has 0 N–H and O–H groups in total. The summed E-state index contributed by atoms with van der Waals surface area (Å²) in [4.78, 5) is 0. The molecule has 0 aliphatic rings. The van der Waals surface area contributed by atoms with Crippen LogP contribution in [-0.4, -0.2) is 24.5 Å². The lowest BCUT2D eigenvalue weighted by molar-refractivity contribution is 0.406. The van der Waals surface area contributed by atoms with E-state index in [0.717, 1.165) is 57.8 Å². The Morgan fingerprint density at radius 1 is 0.410 bits per heavy atom. The fourth-order valence-corrected chi connectivity index (χ4v) is 27.9. The third kappa shape index (κ3) is 12.1. The lowest BCUT2D eigenvalue weighted by atomic mass is 9.99. The van der Waals surface area contributed by atoms with Crippen LogP contribution in [0.25, 0.3) is 21.5 Å². The second kappa shape index (κ2) is 23.8. The van der Waals surface area contributed by atoms with Crippen LogP contribution < -0.4 is 4.43 Å². The molecule has 1 atom stereocenters. The zero-order chi connectivity index (χ0) is 45.9. The van der Waals surface area contributed by atoms with Crippen LogP contribution in [0.15, 0.2) is 0 Å². The topological polar surface area (TPSA) is 9.23 Å². The van der Waals surface area contributed by atoms with Crippen molar-refractivity contribution in [3.05, 3.63) is 52.6 Å². The summed E-state index contributed by atoms with van der Waals surface area (Å²) in [6.45, 7) is 25.1. The summed E-state index contributed by atoms with van der Waals surface area (Å²) in [5, 5.41) is -5.63. The van der Waals surface area contributed by atoms with E-state index in [1.54, 1.807) is 0 Å². The first-order valence-corrected chi connectivity index (χ1v) is 31.5. The molecule has 0 saturated carbocycles. The highest BCUT2D eigenvalue weighted by Gasteiger charge is 2.43. The minimum absolute atomic E-state index is 0.188. The fourth-order valence-electron chi connectivity index (χ4n) is 11.5. The summed E-state index contributed by atoms with van der Waals surface area (Å²) in [7, 11) is -6.03. The fraction of sp³-hybridized carbons (Fsp3) is 0.714. The molecule has 3 aromatic carbocycles. The Bertz CT molecular complexity index is 1830. The average molecular weight is 918 g/mol. The molecule has 0 aliphatic carbocycles. The summed E-state index contributed by atoms with van der Waals surface area (Å²) in [6.07, 6.45) is 13.4. The van der Waals surface area contributed by atoms with Gasteiger partial charge in [-0.1, -0.05) is 206 Å². The van der Waals surface area contributed by atoms with Crippen LogP contribution in [0.2, 0.25) is 64.5 Å². The highest BCUT2D eigenvalue weighted by Crippen LogP contribution is 2.47. The van der Waals surface area contributed by atoms with Crippen molar-refractivity contribution >= 4 is 46.0 Å². The Balaban J connectivity index is 1.92. The van der Waals surface area contributed by atoms with Gasteiger partial charge in [0.1, 0.15) is 11.6 Å². The molecule has 0 spiro atoms. The number of halogens is 8. The number of unbranched alkanes of at least 4 members (excludes halogenated alkanes) is 8. The predicted molar refractivity (Wildman–Crippen MR) is 249 cm³/mol. The highest BCUT2D eigenvalue weighted by molar-refractivity contribution is 6.83. The quantitative estimate of drug-likeness (QED) is 0.0176. The van der Waals surface area contributed by atoms with Crippen LogP contribution >= 0.6 is 0 Å². The molecule has 61 heavy (non-hydrogen) atoms. The van der Waals surface area contributed by atoms with Crippen molar-refractivity contribution in [3.8, 4) is 5.75 Å². The van der Waals surface area contributed by atoms with E-state index >= 15 is 22.0 Å². The number of hydrogen-bond acceptors (Lipinski definition) is 1. The average Bonchev–Trinajstić information content (AvgIpc) is 3.19. The van der Waals surface area contributed by atoms with Crippen molar-refractivity contribution in [2.75, 3.05) is 0 Å². The van der Waals surface area contributed by atoms with Crippen molar-refractivity contribution in [3.63, 3.8) is 0 Å². The predicted octanol–water partition coefficient (Wildman–Crippen LogP) is 18.9. The zero-order valence-corrected chi connectivity index (χ0v) is 42.4. The molecule has 3 rings (SSSR count). The molecule has 0 amide bonds. The Hall–Kier alpha value is -1.93. The first kappa shape index (κ1) is 53.4. The van der Waals surface area contributed by atoms with Crippen molar-refractivity contribution < 1.29 is 39.5 Å². The normalized spacial score (nSPS) is 13.9. The molecule has 1 nitrogen and oxygen atoms in total. The molecule has 0 saturated heterocycles. The SMILES string of the molecule is CCC[Si](CCC)(CCC)CCCCCC[Si](CCCCCCCC[Si](C(C)C)(C(C)C)C(C)C)(Oc1c(F)c(F)c2c(F)c3[c]c(F)c(F)c(F)c3c(F)c2c1F)C(C)C. The summed E-state index contributed by atoms with van der Waals surface area (Å²) in [5.74, 6) is -16.7. The van der Waals surface area contributed by atoms with Gasteiger partial charge >= 0.3 is 0 Å². The van der Waals surface area contributed by atoms with E-state index < -0.39 is 98.3 Å². The van der Waals surface area contributed by atoms with Crippen LogP contribution in [0.5, 0.6) is 5.75 Å². The maximum atomic E-state index is 16.6. The van der Waals surface area contributed by atoms with Gasteiger partial charge < -0.3 is 4.43 Å².